The van der Waals surface area contributed by atoms with Gasteiger partial charge in [0, 0.05) is 27.7 Å². The molecule has 1 spiro atoms. The minimum absolute atomic E-state index is 0.541. The lowest BCUT2D eigenvalue weighted by molar-refractivity contribution is 0.749. The highest BCUT2D eigenvalue weighted by molar-refractivity contribution is 6.13. The van der Waals surface area contributed by atoms with Gasteiger partial charge in [0.05, 0.1) is 27.8 Å². The minimum Gasteiger partial charge on any atom is -0.310 e. The van der Waals surface area contributed by atoms with E-state index in [4.69, 9.17) is 0 Å². The molecule has 1 unspecified atom stereocenters. The normalized spacial score (nSPS) is 13.9. The smallest absolute Gasteiger partial charge is 0.0754 e. The second kappa shape index (κ2) is 17.2. The highest BCUT2D eigenvalue weighted by atomic mass is 15.1. The zero-order valence-electron chi connectivity index (χ0n) is 41.1. The molecular formula is C73H48N2. The van der Waals surface area contributed by atoms with Gasteiger partial charge in [-0.2, -0.15) is 0 Å². The molecule has 2 nitrogen and oxygen atoms in total. The summed E-state index contributed by atoms with van der Waals surface area (Å²) in [6.07, 6.45) is 0. The largest absolute Gasteiger partial charge is 0.310 e. The maximum atomic E-state index is 2.52. The third kappa shape index (κ3) is 6.60. The predicted octanol–water partition coefficient (Wildman–Crippen LogP) is 19.3. The highest BCUT2D eigenvalue weighted by Crippen LogP contribution is 2.61. The molecule has 1 aromatic heterocycles. The second-order valence-electron chi connectivity index (χ2n) is 19.9. The number of anilines is 3. The van der Waals surface area contributed by atoms with Gasteiger partial charge in [-0.25, -0.2) is 0 Å². The average Bonchev–Trinajstić information content (AvgIpc) is 4.22. The lowest BCUT2D eigenvalue weighted by Gasteiger charge is -2.39. The van der Waals surface area contributed by atoms with E-state index >= 15 is 0 Å². The van der Waals surface area contributed by atoms with E-state index in [2.05, 4.69) is 301 Å². The van der Waals surface area contributed by atoms with Gasteiger partial charge in [-0.3, -0.25) is 0 Å². The monoisotopic (exact) mass is 952 g/mol. The molecule has 0 amide bonds. The summed E-state index contributed by atoms with van der Waals surface area (Å²) in [6, 6.07) is 108. The first kappa shape index (κ1) is 42.9. The molecule has 1 atom stereocenters. The first-order chi connectivity index (χ1) is 37.2. The molecule has 13 aromatic rings. The van der Waals surface area contributed by atoms with E-state index in [1.807, 2.05) is 0 Å². The van der Waals surface area contributed by atoms with E-state index in [0.717, 1.165) is 28.2 Å². The van der Waals surface area contributed by atoms with Crippen molar-refractivity contribution in [3.8, 4) is 72.4 Å². The Balaban J connectivity index is 0.904. The molecule has 15 rings (SSSR count). The molecule has 2 heteroatoms. The van der Waals surface area contributed by atoms with E-state index < -0.39 is 5.41 Å². The lowest BCUT2D eigenvalue weighted by Crippen LogP contribution is -2.33. The molecule has 0 saturated carbocycles. The molecule has 0 bridgehead atoms. The Morgan fingerprint density at radius 1 is 0.267 bits per heavy atom. The maximum absolute atomic E-state index is 2.52. The molecule has 0 saturated heterocycles. The van der Waals surface area contributed by atoms with Gasteiger partial charge in [0.1, 0.15) is 0 Å². The van der Waals surface area contributed by atoms with Crippen LogP contribution in [0.4, 0.5) is 17.1 Å². The van der Waals surface area contributed by atoms with Crippen LogP contribution in [0.25, 0.3) is 94.3 Å². The summed E-state index contributed by atoms with van der Waals surface area (Å²) in [5.41, 5.74) is 26.1. The van der Waals surface area contributed by atoms with Crippen LogP contribution in [0.5, 0.6) is 0 Å². The van der Waals surface area contributed by atoms with Gasteiger partial charge in [0.2, 0.25) is 0 Å². The van der Waals surface area contributed by atoms with Crippen molar-refractivity contribution in [2.24, 2.45) is 0 Å². The van der Waals surface area contributed by atoms with E-state index in [1.165, 1.54) is 105 Å². The molecule has 0 radical (unpaired) electrons. The first-order valence-corrected chi connectivity index (χ1v) is 26.0. The Kier molecular flexibility index (Phi) is 9.83. The van der Waals surface area contributed by atoms with Gasteiger partial charge in [-0.15, -0.1) is 0 Å². The van der Waals surface area contributed by atoms with Crippen LogP contribution in [-0.2, 0) is 5.41 Å². The predicted molar refractivity (Wildman–Crippen MR) is 314 cm³/mol. The summed E-state index contributed by atoms with van der Waals surface area (Å²) in [7, 11) is 0. The molecule has 350 valence electrons. The number of hydrogen-bond acceptors (Lipinski definition) is 1. The fourth-order valence-electron chi connectivity index (χ4n) is 12.8. The van der Waals surface area contributed by atoms with Gasteiger partial charge in [-0.1, -0.05) is 243 Å². The third-order valence-electron chi connectivity index (χ3n) is 16.0. The van der Waals surface area contributed by atoms with E-state index in [1.54, 1.807) is 0 Å². The zero-order valence-corrected chi connectivity index (χ0v) is 41.1. The molecule has 12 aromatic carbocycles. The number of para-hydroxylation sites is 4. The number of benzene rings is 12. The number of nitrogens with zero attached hydrogens (tertiary/aromatic N) is 2. The fourth-order valence-corrected chi connectivity index (χ4v) is 12.8. The fraction of sp³-hybridized carbons (Fsp3) is 0.0137. The molecule has 1 aliphatic heterocycles. The zero-order chi connectivity index (χ0) is 49.5. The van der Waals surface area contributed by atoms with E-state index in [9.17, 15) is 0 Å². The number of rotatable bonds is 8. The number of aromatic nitrogens is 1. The van der Waals surface area contributed by atoms with Crippen molar-refractivity contribution in [1.82, 2.24) is 4.57 Å². The SMILES string of the molecule is c1ccc(-c2ccc(-c3ccc(N(c4cccc(-c5ccc6c(c5)C5(c7ccccc7-6)c6ccccc6-n6c7ccccc7c7cccc5c76)c4)c4ccccc4-c4ccccc4-c4ccccc4)cc3)cc2)cc1. The number of hydrogen-bond donors (Lipinski definition) is 0. The van der Waals surface area contributed by atoms with Crippen molar-refractivity contribution in [2.75, 3.05) is 4.90 Å². The summed E-state index contributed by atoms with van der Waals surface area (Å²) in [5, 5.41) is 2.56. The first-order valence-electron chi connectivity index (χ1n) is 26.0. The molecule has 0 fully saturated rings. The van der Waals surface area contributed by atoms with Crippen molar-refractivity contribution in [3.05, 3.63) is 313 Å². The van der Waals surface area contributed by atoms with Gasteiger partial charge >= 0.3 is 0 Å². The Bertz CT molecular complexity index is 4340. The van der Waals surface area contributed by atoms with Gasteiger partial charge in [0.25, 0.3) is 0 Å². The van der Waals surface area contributed by atoms with Gasteiger partial charge < -0.3 is 9.47 Å². The van der Waals surface area contributed by atoms with Crippen LogP contribution >= 0.6 is 0 Å². The average molecular weight is 953 g/mol. The number of fused-ring (bicyclic) bond motifs is 12. The Morgan fingerprint density at radius 2 is 0.773 bits per heavy atom. The van der Waals surface area contributed by atoms with Crippen LogP contribution in [0.15, 0.2) is 291 Å². The van der Waals surface area contributed by atoms with Crippen LogP contribution in [0, 0.1) is 0 Å². The quantitative estimate of drug-likeness (QED) is 0.147. The van der Waals surface area contributed by atoms with Crippen LogP contribution in [0.2, 0.25) is 0 Å². The summed E-state index contributed by atoms with van der Waals surface area (Å²) < 4.78 is 2.52. The molecule has 1 aliphatic carbocycles. The molecule has 0 N–H and O–H groups in total. The van der Waals surface area contributed by atoms with Gasteiger partial charge in [-0.05, 0) is 132 Å². The van der Waals surface area contributed by atoms with Crippen molar-refractivity contribution in [3.63, 3.8) is 0 Å². The molecular weight excluding hydrogens is 905 g/mol. The highest BCUT2D eigenvalue weighted by Gasteiger charge is 2.50. The van der Waals surface area contributed by atoms with Crippen LogP contribution in [0.1, 0.15) is 22.3 Å². The van der Waals surface area contributed by atoms with Crippen molar-refractivity contribution in [2.45, 2.75) is 5.41 Å². The van der Waals surface area contributed by atoms with E-state index in [-0.39, 0.29) is 0 Å². The standard InChI is InChI=1S/C73H48N2/c1-3-19-49(20-4-1)50-37-39-51(40-38-50)52-41-44-56(45-42-52)74(69-34-14-10-28-62(69)59-26-8-7-25-58(59)53-21-5-2-6-22-53)57-24-17-23-54(47-57)55-43-46-61-60-27-9-12-31-65(60)73(68(61)48-55)66-32-13-16-36-71(66)75-70-35-15-11-29-63(70)64-30-18-33-67(73)72(64)75/h1-48H. The summed E-state index contributed by atoms with van der Waals surface area (Å²) in [5.74, 6) is 0. The van der Waals surface area contributed by atoms with Crippen LogP contribution < -0.4 is 4.90 Å². The van der Waals surface area contributed by atoms with Crippen LogP contribution in [-0.4, -0.2) is 4.57 Å². The maximum Gasteiger partial charge on any atom is 0.0754 e. The molecule has 75 heavy (non-hydrogen) atoms. The minimum atomic E-state index is -0.541. The van der Waals surface area contributed by atoms with Gasteiger partial charge in [0.15, 0.2) is 0 Å². The Labute approximate surface area is 437 Å². The van der Waals surface area contributed by atoms with Crippen LogP contribution in [0.3, 0.4) is 0 Å². The lowest BCUT2D eigenvalue weighted by atomic mass is 9.65. The third-order valence-corrected chi connectivity index (χ3v) is 16.0. The second-order valence-corrected chi connectivity index (χ2v) is 19.9. The van der Waals surface area contributed by atoms with Crippen molar-refractivity contribution < 1.29 is 0 Å². The topological polar surface area (TPSA) is 8.17 Å². The summed E-state index contributed by atoms with van der Waals surface area (Å²) in [4.78, 5) is 2.45. The van der Waals surface area contributed by atoms with E-state index in [0.29, 0.717) is 0 Å². The Morgan fingerprint density at radius 3 is 1.55 bits per heavy atom. The molecule has 2 aliphatic rings. The van der Waals surface area contributed by atoms with Crippen molar-refractivity contribution >= 4 is 38.9 Å². The molecule has 2 heterocycles. The Hall–Kier alpha value is -9.76. The summed E-state index contributed by atoms with van der Waals surface area (Å²) >= 11 is 0. The van der Waals surface area contributed by atoms with Crippen molar-refractivity contribution in [1.29, 1.82) is 0 Å². The summed E-state index contributed by atoms with van der Waals surface area (Å²) in [6.45, 7) is 0.